The monoisotopic (exact) mass is 244 g/mol. The Kier molecular flexibility index (Phi) is 4.89. The second-order valence-corrected chi connectivity index (χ2v) is 5.43. The zero-order valence-corrected chi connectivity index (χ0v) is 10.4. The predicted octanol–water partition coefficient (Wildman–Crippen LogP) is 1.47. The number of halogens is 1. The van der Waals surface area contributed by atoms with E-state index in [0.29, 0.717) is 10.6 Å². The van der Waals surface area contributed by atoms with Gasteiger partial charge in [-0.2, -0.15) is 0 Å². The van der Waals surface area contributed by atoms with Gasteiger partial charge in [-0.3, -0.25) is 4.21 Å². The van der Waals surface area contributed by atoms with Crippen molar-refractivity contribution < 1.29 is 8.60 Å². The SMILES string of the molecule is CN(C)CCCS(=O)c1ccc(F)cc1N. The van der Waals surface area contributed by atoms with Crippen LogP contribution in [0, 0.1) is 5.82 Å². The largest absolute Gasteiger partial charge is 0.398 e. The molecule has 0 fully saturated rings. The highest BCUT2D eigenvalue weighted by Gasteiger charge is 2.08. The summed E-state index contributed by atoms with van der Waals surface area (Å²) in [7, 11) is 2.80. The number of anilines is 1. The maximum absolute atomic E-state index is 12.8. The van der Waals surface area contributed by atoms with Crippen molar-refractivity contribution >= 4 is 16.5 Å². The first-order valence-electron chi connectivity index (χ1n) is 5.09. The number of nitrogens with two attached hydrogens (primary N) is 1. The van der Waals surface area contributed by atoms with Crippen LogP contribution in [0.15, 0.2) is 23.1 Å². The molecule has 2 N–H and O–H groups in total. The fourth-order valence-electron chi connectivity index (χ4n) is 1.35. The number of hydrogen-bond acceptors (Lipinski definition) is 3. The summed E-state index contributed by atoms with van der Waals surface area (Å²) in [6.07, 6.45) is 0.830. The summed E-state index contributed by atoms with van der Waals surface area (Å²) in [6, 6.07) is 3.99. The van der Waals surface area contributed by atoms with Crippen LogP contribution in [0.5, 0.6) is 0 Å². The molecule has 3 nitrogen and oxygen atoms in total. The Bertz CT molecular complexity index is 382. The topological polar surface area (TPSA) is 46.3 Å². The van der Waals surface area contributed by atoms with Crippen molar-refractivity contribution in [2.45, 2.75) is 11.3 Å². The highest BCUT2D eigenvalue weighted by Crippen LogP contribution is 2.18. The molecule has 0 radical (unpaired) electrons. The third-order valence-corrected chi connectivity index (χ3v) is 3.67. The van der Waals surface area contributed by atoms with Crippen molar-refractivity contribution in [1.29, 1.82) is 0 Å². The van der Waals surface area contributed by atoms with E-state index in [1.54, 1.807) is 0 Å². The van der Waals surface area contributed by atoms with E-state index in [4.69, 9.17) is 5.73 Å². The molecular weight excluding hydrogens is 227 g/mol. The molecule has 1 aromatic rings. The number of nitrogens with zero attached hydrogens (tertiary/aromatic N) is 1. The first-order valence-corrected chi connectivity index (χ1v) is 6.40. The normalized spacial score (nSPS) is 13.0. The van der Waals surface area contributed by atoms with E-state index in [1.807, 2.05) is 19.0 Å². The van der Waals surface area contributed by atoms with Gasteiger partial charge in [0.2, 0.25) is 0 Å². The first-order chi connectivity index (χ1) is 7.50. The number of benzene rings is 1. The Morgan fingerprint density at radius 3 is 2.69 bits per heavy atom. The summed E-state index contributed by atoms with van der Waals surface area (Å²) in [6.45, 7) is 0.882. The molecule has 1 aromatic carbocycles. The van der Waals surface area contributed by atoms with Gasteiger partial charge in [-0.1, -0.05) is 0 Å². The molecule has 0 aliphatic rings. The maximum Gasteiger partial charge on any atom is 0.125 e. The summed E-state index contributed by atoms with van der Waals surface area (Å²) < 4.78 is 24.6. The van der Waals surface area contributed by atoms with Crippen LogP contribution in [0.2, 0.25) is 0 Å². The van der Waals surface area contributed by atoms with E-state index >= 15 is 0 Å². The maximum atomic E-state index is 12.8. The molecule has 0 aliphatic carbocycles. The molecule has 0 amide bonds. The van der Waals surface area contributed by atoms with E-state index in [-0.39, 0.29) is 5.69 Å². The first kappa shape index (κ1) is 13.1. The number of rotatable bonds is 5. The number of nitrogen functional groups attached to an aromatic ring is 1. The highest BCUT2D eigenvalue weighted by molar-refractivity contribution is 7.85. The minimum absolute atomic E-state index is 0.267. The van der Waals surface area contributed by atoms with Crippen LogP contribution in [0.25, 0.3) is 0 Å². The summed E-state index contributed by atoms with van der Waals surface area (Å²) in [4.78, 5) is 2.56. The Morgan fingerprint density at radius 2 is 2.12 bits per heavy atom. The molecule has 1 unspecified atom stereocenters. The van der Waals surface area contributed by atoms with Gasteiger partial charge in [0.05, 0.1) is 21.4 Å². The van der Waals surface area contributed by atoms with Crippen LogP contribution in [-0.4, -0.2) is 35.5 Å². The smallest absolute Gasteiger partial charge is 0.125 e. The minimum atomic E-state index is -1.14. The van der Waals surface area contributed by atoms with Crippen molar-refractivity contribution in [1.82, 2.24) is 4.90 Å². The second kappa shape index (κ2) is 5.96. The van der Waals surface area contributed by atoms with Crippen molar-refractivity contribution in [3.8, 4) is 0 Å². The zero-order chi connectivity index (χ0) is 12.1. The predicted molar refractivity (Wildman–Crippen MR) is 65.3 cm³/mol. The van der Waals surface area contributed by atoms with Crippen LogP contribution in [0.1, 0.15) is 6.42 Å². The van der Waals surface area contributed by atoms with Gasteiger partial charge in [0, 0.05) is 5.75 Å². The molecule has 0 spiro atoms. The van der Waals surface area contributed by atoms with Crippen molar-refractivity contribution in [3.63, 3.8) is 0 Å². The van der Waals surface area contributed by atoms with Gasteiger partial charge >= 0.3 is 0 Å². The Labute approximate surface area is 97.9 Å². The summed E-state index contributed by atoms with van der Waals surface area (Å²) in [5.74, 6) is 0.153. The minimum Gasteiger partial charge on any atom is -0.398 e. The van der Waals surface area contributed by atoms with Crippen LogP contribution in [-0.2, 0) is 10.8 Å². The van der Waals surface area contributed by atoms with Gasteiger partial charge < -0.3 is 10.6 Å². The standard InChI is InChI=1S/C11H17FN2OS/c1-14(2)6-3-7-16(15)11-5-4-9(12)8-10(11)13/h4-5,8H,3,6-7,13H2,1-2H3. The molecule has 0 saturated carbocycles. The molecule has 0 aliphatic heterocycles. The molecule has 0 saturated heterocycles. The Morgan fingerprint density at radius 1 is 1.44 bits per heavy atom. The van der Waals surface area contributed by atoms with Crippen molar-refractivity contribution in [2.24, 2.45) is 0 Å². The van der Waals surface area contributed by atoms with Gasteiger partial charge in [0.25, 0.3) is 0 Å². The van der Waals surface area contributed by atoms with Gasteiger partial charge in [0.15, 0.2) is 0 Å². The van der Waals surface area contributed by atoms with Gasteiger partial charge in [-0.25, -0.2) is 4.39 Å². The zero-order valence-electron chi connectivity index (χ0n) is 9.57. The molecule has 16 heavy (non-hydrogen) atoms. The van der Waals surface area contributed by atoms with E-state index in [1.165, 1.54) is 18.2 Å². The fourth-order valence-corrected chi connectivity index (χ4v) is 2.50. The van der Waals surface area contributed by atoms with Crippen molar-refractivity contribution in [2.75, 3.05) is 32.1 Å². The van der Waals surface area contributed by atoms with Gasteiger partial charge in [-0.05, 0) is 45.3 Å². The molecule has 1 rings (SSSR count). The highest BCUT2D eigenvalue weighted by atomic mass is 32.2. The van der Waals surface area contributed by atoms with E-state index in [2.05, 4.69) is 0 Å². The molecule has 90 valence electrons. The number of hydrogen-bond donors (Lipinski definition) is 1. The van der Waals surface area contributed by atoms with Crippen LogP contribution < -0.4 is 5.73 Å². The summed E-state index contributed by atoms with van der Waals surface area (Å²) in [5, 5.41) is 0. The lowest BCUT2D eigenvalue weighted by molar-refractivity contribution is 0.409. The molecule has 5 heteroatoms. The quantitative estimate of drug-likeness (QED) is 0.798. The third kappa shape index (κ3) is 3.90. The molecule has 1 atom stereocenters. The third-order valence-electron chi connectivity index (χ3n) is 2.15. The van der Waals surface area contributed by atoms with Crippen LogP contribution in [0.3, 0.4) is 0 Å². The van der Waals surface area contributed by atoms with Crippen LogP contribution >= 0.6 is 0 Å². The Balaban J connectivity index is 2.59. The summed E-state index contributed by atoms with van der Waals surface area (Å²) in [5.41, 5.74) is 5.88. The Hall–Kier alpha value is -0.940. The fraction of sp³-hybridized carbons (Fsp3) is 0.455. The lowest BCUT2D eigenvalue weighted by Gasteiger charge is -2.09. The second-order valence-electron chi connectivity index (χ2n) is 3.89. The van der Waals surface area contributed by atoms with E-state index in [9.17, 15) is 8.60 Å². The van der Waals surface area contributed by atoms with Crippen molar-refractivity contribution in [3.05, 3.63) is 24.0 Å². The van der Waals surface area contributed by atoms with E-state index in [0.717, 1.165) is 13.0 Å². The van der Waals surface area contributed by atoms with E-state index < -0.39 is 16.6 Å². The molecule has 0 bridgehead atoms. The molecule has 0 heterocycles. The average molecular weight is 244 g/mol. The lowest BCUT2D eigenvalue weighted by Crippen LogP contribution is -2.15. The molecule has 0 aromatic heterocycles. The summed E-state index contributed by atoms with van der Waals surface area (Å²) >= 11 is 0. The molecular formula is C11H17FN2OS. The van der Waals surface area contributed by atoms with Crippen LogP contribution in [0.4, 0.5) is 10.1 Å². The van der Waals surface area contributed by atoms with Gasteiger partial charge in [-0.15, -0.1) is 0 Å². The lowest BCUT2D eigenvalue weighted by atomic mass is 10.3. The average Bonchev–Trinajstić information content (AvgIpc) is 2.16. The van der Waals surface area contributed by atoms with Gasteiger partial charge in [0.1, 0.15) is 5.82 Å².